The molecule has 0 spiro atoms. The Morgan fingerprint density at radius 2 is 1.76 bits per heavy atom. The molecule has 2 rings (SSSR count). The zero-order valence-corrected chi connectivity index (χ0v) is 12.8. The first-order chi connectivity index (χ1) is 10.1. The lowest BCUT2D eigenvalue weighted by atomic mass is 10.00. The molecule has 0 aliphatic carbocycles. The summed E-state index contributed by atoms with van der Waals surface area (Å²) in [6, 6.07) is 14.4. The van der Waals surface area contributed by atoms with Gasteiger partial charge in [-0.25, -0.2) is 0 Å². The first-order valence-corrected chi connectivity index (χ1v) is 7.63. The second kappa shape index (κ2) is 7.55. The quantitative estimate of drug-likeness (QED) is 0.734. The van der Waals surface area contributed by atoms with Crippen LogP contribution >= 0.6 is 0 Å². The third-order valence-electron chi connectivity index (χ3n) is 3.98. The van der Waals surface area contributed by atoms with Crippen LogP contribution in [0.25, 0.3) is 10.8 Å². The van der Waals surface area contributed by atoms with E-state index in [1.165, 1.54) is 5.39 Å². The first-order valence-electron chi connectivity index (χ1n) is 7.63. The third kappa shape index (κ3) is 4.27. The molecule has 0 aliphatic heterocycles. The summed E-state index contributed by atoms with van der Waals surface area (Å²) in [4.78, 5) is 0. The molecule has 0 saturated carbocycles. The summed E-state index contributed by atoms with van der Waals surface area (Å²) in [5.74, 6) is 0.431. The summed E-state index contributed by atoms with van der Waals surface area (Å²) in [7, 11) is 0. The molecule has 3 N–H and O–H groups in total. The highest BCUT2D eigenvalue weighted by Gasteiger charge is 2.15. The summed E-state index contributed by atoms with van der Waals surface area (Å²) in [5.41, 5.74) is 0.924. The van der Waals surface area contributed by atoms with E-state index in [9.17, 15) is 5.11 Å². The normalized spacial score (nSPS) is 14.5. The summed E-state index contributed by atoms with van der Waals surface area (Å²) in [5, 5.41) is 25.1. The van der Waals surface area contributed by atoms with Crippen molar-refractivity contribution in [1.29, 1.82) is 0 Å². The van der Waals surface area contributed by atoms with Crippen LogP contribution in [0.1, 0.15) is 31.9 Å². The van der Waals surface area contributed by atoms with Gasteiger partial charge in [0.15, 0.2) is 0 Å². The zero-order valence-electron chi connectivity index (χ0n) is 12.8. The van der Waals surface area contributed by atoms with E-state index in [0.717, 1.165) is 10.9 Å². The van der Waals surface area contributed by atoms with Crippen molar-refractivity contribution < 1.29 is 10.2 Å². The maximum atomic E-state index is 10.4. The molecule has 0 bridgehead atoms. The summed E-state index contributed by atoms with van der Waals surface area (Å²) in [6.45, 7) is 4.91. The SMILES string of the molecule is CC(C)C(CCO)NCC(O)c1ccc2ccccc2c1. The summed E-state index contributed by atoms with van der Waals surface area (Å²) >= 11 is 0. The molecule has 2 atom stereocenters. The predicted molar refractivity (Wildman–Crippen MR) is 87.2 cm³/mol. The van der Waals surface area contributed by atoms with E-state index in [1.54, 1.807) is 0 Å². The highest BCUT2D eigenvalue weighted by Crippen LogP contribution is 2.20. The Hall–Kier alpha value is -1.42. The van der Waals surface area contributed by atoms with E-state index >= 15 is 0 Å². The van der Waals surface area contributed by atoms with Gasteiger partial charge in [0.25, 0.3) is 0 Å². The maximum Gasteiger partial charge on any atom is 0.0914 e. The predicted octanol–water partition coefficient (Wildman–Crippen LogP) is 2.87. The van der Waals surface area contributed by atoms with Crippen LogP contribution in [0.4, 0.5) is 0 Å². The number of benzene rings is 2. The van der Waals surface area contributed by atoms with Crippen molar-refractivity contribution in [2.45, 2.75) is 32.4 Å². The van der Waals surface area contributed by atoms with Crippen molar-refractivity contribution in [3.63, 3.8) is 0 Å². The Morgan fingerprint density at radius 3 is 2.43 bits per heavy atom. The standard InChI is InChI=1S/C18H25NO2/c1-13(2)17(9-10-20)19-12-18(21)16-8-7-14-5-3-4-6-15(14)11-16/h3-8,11,13,17-21H,9-10,12H2,1-2H3. The number of hydrogen-bond donors (Lipinski definition) is 3. The van der Waals surface area contributed by atoms with Crippen LogP contribution in [0.3, 0.4) is 0 Å². The Morgan fingerprint density at radius 1 is 1.05 bits per heavy atom. The molecule has 3 heteroatoms. The molecule has 0 radical (unpaired) electrons. The molecule has 114 valence electrons. The van der Waals surface area contributed by atoms with Gasteiger partial charge in [-0.2, -0.15) is 0 Å². The number of fused-ring (bicyclic) bond motifs is 1. The van der Waals surface area contributed by atoms with Crippen LogP contribution < -0.4 is 5.32 Å². The van der Waals surface area contributed by atoms with Crippen LogP contribution in [-0.4, -0.2) is 29.4 Å². The van der Waals surface area contributed by atoms with Gasteiger partial charge >= 0.3 is 0 Å². The minimum Gasteiger partial charge on any atom is -0.396 e. The number of hydrogen-bond acceptors (Lipinski definition) is 3. The van der Waals surface area contributed by atoms with Gasteiger partial charge in [0.05, 0.1) is 6.10 Å². The van der Waals surface area contributed by atoms with Gasteiger partial charge in [0.2, 0.25) is 0 Å². The van der Waals surface area contributed by atoms with Crippen LogP contribution in [0.2, 0.25) is 0 Å². The highest BCUT2D eigenvalue weighted by molar-refractivity contribution is 5.83. The van der Waals surface area contributed by atoms with Gasteiger partial charge in [0, 0.05) is 19.2 Å². The summed E-state index contributed by atoms with van der Waals surface area (Å²) < 4.78 is 0. The van der Waals surface area contributed by atoms with Gasteiger partial charge in [-0.3, -0.25) is 0 Å². The van der Waals surface area contributed by atoms with Crippen molar-refractivity contribution in [2.75, 3.05) is 13.2 Å². The molecule has 0 aliphatic rings. The van der Waals surface area contributed by atoms with Crippen LogP contribution in [0, 0.1) is 5.92 Å². The number of rotatable bonds is 7. The van der Waals surface area contributed by atoms with Crippen molar-refractivity contribution in [2.24, 2.45) is 5.92 Å². The summed E-state index contributed by atoms with van der Waals surface area (Å²) in [6.07, 6.45) is 0.178. The fraction of sp³-hybridized carbons (Fsp3) is 0.444. The lowest BCUT2D eigenvalue weighted by Crippen LogP contribution is -2.37. The average molecular weight is 287 g/mol. The second-order valence-corrected chi connectivity index (χ2v) is 5.89. The van der Waals surface area contributed by atoms with E-state index in [4.69, 9.17) is 5.11 Å². The molecule has 0 fully saturated rings. The van der Waals surface area contributed by atoms with Crippen molar-refractivity contribution in [3.05, 3.63) is 48.0 Å². The molecular formula is C18H25NO2. The molecule has 21 heavy (non-hydrogen) atoms. The van der Waals surface area contributed by atoms with Crippen LogP contribution in [0.15, 0.2) is 42.5 Å². The average Bonchev–Trinajstić information content (AvgIpc) is 2.50. The van der Waals surface area contributed by atoms with Gasteiger partial charge in [0.1, 0.15) is 0 Å². The Bertz CT molecular complexity index is 568. The Kier molecular flexibility index (Phi) is 5.74. The van der Waals surface area contributed by atoms with Gasteiger partial charge in [-0.1, -0.05) is 50.2 Å². The molecule has 2 unspecified atom stereocenters. The van der Waals surface area contributed by atoms with Crippen molar-refractivity contribution in [3.8, 4) is 0 Å². The van der Waals surface area contributed by atoms with Crippen molar-refractivity contribution in [1.82, 2.24) is 5.32 Å². The lowest BCUT2D eigenvalue weighted by molar-refractivity contribution is 0.159. The van der Waals surface area contributed by atoms with Gasteiger partial charge in [-0.15, -0.1) is 0 Å². The minimum absolute atomic E-state index is 0.169. The molecule has 3 nitrogen and oxygen atoms in total. The monoisotopic (exact) mass is 287 g/mol. The Labute approximate surface area is 126 Å². The maximum absolute atomic E-state index is 10.4. The zero-order chi connectivity index (χ0) is 15.2. The number of nitrogens with one attached hydrogen (secondary N) is 1. The largest absolute Gasteiger partial charge is 0.396 e. The topological polar surface area (TPSA) is 52.5 Å². The van der Waals surface area contributed by atoms with Gasteiger partial charge < -0.3 is 15.5 Å². The van der Waals surface area contributed by atoms with Crippen molar-refractivity contribution >= 4 is 10.8 Å². The van der Waals surface area contributed by atoms with Crippen LogP contribution in [-0.2, 0) is 0 Å². The fourth-order valence-corrected chi connectivity index (χ4v) is 2.61. The third-order valence-corrected chi connectivity index (χ3v) is 3.98. The van der Waals surface area contributed by atoms with E-state index in [2.05, 4.69) is 31.3 Å². The number of aliphatic hydroxyl groups is 2. The molecule has 0 saturated heterocycles. The molecule has 2 aromatic carbocycles. The first kappa shape index (κ1) is 16.0. The molecule has 0 amide bonds. The molecule has 2 aromatic rings. The highest BCUT2D eigenvalue weighted by atomic mass is 16.3. The molecule has 0 aromatic heterocycles. The smallest absolute Gasteiger partial charge is 0.0914 e. The van der Waals surface area contributed by atoms with E-state index in [-0.39, 0.29) is 12.6 Å². The molecule has 0 heterocycles. The van der Waals surface area contributed by atoms with E-state index in [0.29, 0.717) is 18.9 Å². The second-order valence-electron chi connectivity index (χ2n) is 5.89. The fourth-order valence-electron chi connectivity index (χ4n) is 2.61. The minimum atomic E-state index is -0.533. The number of aliphatic hydroxyl groups excluding tert-OH is 2. The van der Waals surface area contributed by atoms with E-state index < -0.39 is 6.10 Å². The van der Waals surface area contributed by atoms with Crippen LogP contribution in [0.5, 0.6) is 0 Å². The molecular weight excluding hydrogens is 262 g/mol. The Balaban J connectivity index is 2.02. The van der Waals surface area contributed by atoms with E-state index in [1.807, 2.05) is 30.3 Å². The lowest BCUT2D eigenvalue weighted by Gasteiger charge is -2.23. The van der Waals surface area contributed by atoms with Gasteiger partial charge in [-0.05, 0) is 34.7 Å².